The molecule has 18 heavy (non-hydrogen) atoms. The highest BCUT2D eigenvalue weighted by Gasteiger charge is 2.24. The summed E-state index contributed by atoms with van der Waals surface area (Å²) in [5.74, 6) is -1.66. The van der Waals surface area contributed by atoms with Gasteiger partial charge in [0, 0.05) is 5.56 Å². The summed E-state index contributed by atoms with van der Waals surface area (Å²) in [6.07, 6.45) is 0.705. The molecule has 0 bridgehead atoms. The number of rotatable bonds is 5. The Bertz CT molecular complexity index is 448. The summed E-state index contributed by atoms with van der Waals surface area (Å²) < 4.78 is 13.0. The van der Waals surface area contributed by atoms with Crippen molar-refractivity contribution in [1.29, 1.82) is 0 Å². The van der Waals surface area contributed by atoms with Crippen LogP contribution in [0.15, 0.2) is 24.3 Å². The van der Waals surface area contributed by atoms with Crippen LogP contribution in [-0.2, 0) is 4.79 Å². The van der Waals surface area contributed by atoms with E-state index in [-0.39, 0.29) is 11.5 Å². The van der Waals surface area contributed by atoms with Gasteiger partial charge in [-0.25, -0.2) is 4.39 Å². The molecule has 2 amide bonds. The molecular formula is C13H17FN2O2. The van der Waals surface area contributed by atoms with Crippen LogP contribution in [0, 0.1) is 11.7 Å². The number of nitrogens with one attached hydrogen (secondary N) is 1. The fourth-order valence-electron chi connectivity index (χ4n) is 1.58. The van der Waals surface area contributed by atoms with Crippen LogP contribution >= 0.6 is 0 Å². The molecule has 98 valence electrons. The smallest absolute Gasteiger partial charge is 0.252 e. The first-order chi connectivity index (χ1) is 8.45. The lowest BCUT2D eigenvalue weighted by Gasteiger charge is -2.21. The molecule has 0 aliphatic heterocycles. The molecule has 0 aliphatic rings. The van der Waals surface area contributed by atoms with Gasteiger partial charge in [-0.15, -0.1) is 0 Å². The zero-order chi connectivity index (χ0) is 13.7. The van der Waals surface area contributed by atoms with Crippen LogP contribution < -0.4 is 11.1 Å². The third-order valence-corrected chi connectivity index (χ3v) is 2.89. The van der Waals surface area contributed by atoms with Gasteiger partial charge in [-0.3, -0.25) is 9.59 Å². The summed E-state index contributed by atoms with van der Waals surface area (Å²) in [5.41, 5.74) is 5.41. The molecule has 2 atom stereocenters. The Morgan fingerprint density at radius 1 is 1.44 bits per heavy atom. The van der Waals surface area contributed by atoms with E-state index in [0.717, 1.165) is 6.07 Å². The zero-order valence-electron chi connectivity index (χ0n) is 10.4. The Hall–Kier alpha value is -1.91. The van der Waals surface area contributed by atoms with Gasteiger partial charge in [0.2, 0.25) is 5.91 Å². The molecule has 1 aromatic rings. The number of hydrogen-bond acceptors (Lipinski definition) is 2. The first-order valence-electron chi connectivity index (χ1n) is 5.81. The van der Waals surface area contributed by atoms with Gasteiger partial charge >= 0.3 is 0 Å². The highest BCUT2D eigenvalue weighted by Crippen LogP contribution is 2.09. The maximum Gasteiger partial charge on any atom is 0.252 e. The summed E-state index contributed by atoms with van der Waals surface area (Å²) >= 11 is 0. The fraction of sp³-hybridized carbons (Fsp3) is 0.385. The minimum atomic E-state index is -0.745. The van der Waals surface area contributed by atoms with Gasteiger partial charge in [-0.05, 0) is 24.1 Å². The van der Waals surface area contributed by atoms with Crippen molar-refractivity contribution in [3.63, 3.8) is 0 Å². The lowest BCUT2D eigenvalue weighted by Crippen LogP contribution is -2.48. The second-order valence-corrected chi connectivity index (χ2v) is 4.25. The average Bonchev–Trinajstić information content (AvgIpc) is 2.34. The van der Waals surface area contributed by atoms with Gasteiger partial charge in [0.15, 0.2) is 0 Å². The highest BCUT2D eigenvalue weighted by atomic mass is 19.1. The van der Waals surface area contributed by atoms with E-state index in [1.165, 1.54) is 18.2 Å². The van der Waals surface area contributed by atoms with Gasteiger partial charge in [0.1, 0.15) is 11.9 Å². The zero-order valence-corrected chi connectivity index (χ0v) is 10.4. The van der Waals surface area contributed by atoms with E-state index in [2.05, 4.69) is 5.32 Å². The van der Waals surface area contributed by atoms with Crippen LogP contribution in [0.3, 0.4) is 0 Å². The molecule has 0 heterocycles. The van der Waals surface area contributed by atoms with E-state index in [4.69, 9.17) is 5.73 Å². The number of carbonyl (C=O) groups excluding carboxylic acids is 2. The summed E-state index contributed by atoms with van der Waals surface area (Å²) in [4.78, 5) is 23.1. The maximum absolute atomic E-state index is 13.0. The summed E-state index contributed by atoms with van der Waals surface area (Å²) in [6, 6.07) is 4.53. The van der Waals surface area contributed by atoms with E-state index >= 15 is 0 Å². The van der Waals surface area contributed by atoms with Crippen molar-refractivity contribution >= 4 is 11.8 Å². The number of nitrogens with two attached hydrogens (primary N) is 1. The van der Waals surface area contributed by atoms with Crippen LogP contribution in [0.25, 0.3) is 0 Å². The summed E-state index contributed by atoms with van der Waals surface area (Å²) in [7, 11) is 0. The second-order valence-electron chi connectivity index (χ2n) is 4.25. The van der Waals surface area contributed by atoms with Crippen molar-refractivity contribution < 1.29 is 14.0 Å². The third-order valence-electron chi connectivity index (χ3n) is 2.89. The average molecular weight is 252 g/mol. The van der Waals surface area contributed by atoms with Crippen LogP contribution in [0.1, 0.15) is 30.6 Å². The molecule has 0 aromatic heterocycles. The molecule has 0 fully saturated rings. The molecule has 0 saturated carbocycles. The fourth-order valence-corrected chi connectivity index (χ4v) is 1.58. The standard InChI is InChI=1S/C13H17FN2O2/c1-3-8(2)11(12(15)17)16-13(18)9-5-4-6-10(14)7-9/h4-8,11H,3H2,1-2H3,(H2,15,17)(H,16,18)/t8-,11+/m0/s1. The van der Waals surface area contributed by atoms with Gasteiger partial charge in [-0.2, -0.15) is 0 Å². The molecule has 0 saturated heterocycles. The summed E-state index contributed by atoms with van der Waals surface area (Å²) in [6.45, 7) is 3.72. The summed E-state index contributed by atoms with van der Waals surface area (Å²) in [5, 5.41) is 2.53. The quantitative estimate of drug-likeness (QED) is 0.832. The maximum atomic E-state index is 13.0. The van der Waals surface area contributed by atoms with Crippen LogP contribution in [0.2, 0.25) is 0 Å². The van der Waals surface area contributed by atoms with Gasteiger partial charge in [0.05, 0.1) is 0 Å². The minimum Gasteiger partial charge on any atom is -0.368 e. The lowest BCUT2D eigenvalue weighted by atomic mass is 9.98. The van der Waals surface area contributed by atoms with Crippen molar-refractivity contribution in [2.24, 2.45) is 11.7 Å². The Labute approximate surface area is 105 Å². The highest BCUT2D eigenvalue weighted by molar-refractivity contribution is 5.97. The van der Waals surface area contributed by atoms with E-state index in [9.17, 15) is 14.0 Å². The molecule has 1 aromatic carbocycles. The van der Waals surface area contributed by atoms with Crippen molar-refractivity contribution in [3.05, 3.63) is 35.6 Å². The van der Waals surface area contributed by atoms with Crippen LogP contribution in [0.4, 0.5) is 4.39 Å². The first-order valence-corrected chi connectivity index (χ1v) is 5.81. The predicted molar refractivity (Wildman–Crippen MR) is 66.3 cm³/mol. The largest absolute Gasteiger partial charge is 0.368 e. The van der Waals surface area contributed by atoms with Gasteiger partial charge in [-0.1, -0.05) is 26.3 Å². The lowest BCUT2D eigenvalue weighted by molar-refractivity contribution is -0.120. The number of benzene rings is 1. The van der Waals surface area contributed by atoms with Crippen molar-refractivity contribution in [3.8, 4) is 0 Å². The Morgan fingerprint density at radius 3 is 2.61 bits per heavy atom. The third kappa shape index (κ3) is 3.55. The van der Waals surface area contributed by atoms with Crippen LogP contribution in [0.5, 0.6) is 0 Å². The minimum absolute atomic E-state index is 0.0694. The second kappa shape index (κ2) is 6.14. The molecule has 4 nitrogen and oxygen atoms in total. The number of primary amides is 1. The van der Waals surface area contributed by atoms with Crippen molar-refractivity contribution in [2.75, 3.05) is 0 Å². The van der Waals surface area contributed by atoms with Gasteiger partial charge < -0.3 is 11.1 Å². The molecule has 1 rings (SSSR count). The Morgan fingerprint density at radius 2 is 2.11 bits per heavy atom. The van der Waals surface area contributed by atoms with E-state index in [0.29, 0.717) is 6.42 Å². The Balaban J connectivity index is 2.82. The molecule has 3 N–H and O–H groups in total. The first kappa shape index (κ1) is 14.2. The predicted octanol–water partition coefficient (Wildman–Crippen LogP) is 1.46. The molecule has 0 radical (unpaired) electrons. The van der Waals surface area contributed by atoms with E-state index in [1.54, 1.807) is 0 Å². The molecule has 0 spiro atoms. The van der Waals surface area contributed by atoms with E-state index < -0.39 is 23.7 Å². The van der Waals surface area contributed by atoms with Crippen molar-refractivity contribution in [2.45, 2.75) is 26.3 Å². The van der Waals surface area contributed by atoms with E-state index in [1.807, 2.05) is 13.8 Å². The number of hydrogen-bond donors (Lipinski definition) is 2. The molecule has 5 heteroatoms. The number of halogens is 1. The molecule has 0 aliphatic carbocycles. The molecular weight excluding hydrogens is 235 g/mol. The molecule has 0 unspecified atom stereocenters. The normalized spacial score (nSPS) is 13.7. The Kier molecular flexibility index (Phi) is 4.83. The number of amides is 2. The van der Waals surface area contributed by atoms with Crippen molar-refractivity contribution in [1.82, 2.24) is 5.32 Å². The topological polar surface area (TPSA) is 72.2 Å². The SMILES string of the molecule is CC[C@H](C)[C@@H](NC(=O)c1cccc(F)c1)C(N)=O. The number of carbonyl (C=O) groups is 2. The van der Waals surface area contributed by atoms with Crippen LogP contribution in [-0.4, -0.2) is 17.9 Å². The van der Waals surface area contributed by atoms with Gasteiger partial charge in [0.25, 0.3) is 5.91 Å². The monoisotopic (exact) mass is 252 g/mol.